The Morgan fingerprint density at radius 2 is 2.04 bits per heavy atom. The predicted octanol–water partition coefficient (Wildman–Crippen LogP) is 2.92. The molecule has 0 bridgehead atoms. The number of nitriles is 1. The van der Waals surface area contributed by atoms with Gasteiger partial charge in [0.2, 0.25) is 5.82 Å². The summed E-state index contributed by atoms with van der Waals surface area (Å²) in [4.78, 5) is 4.83. The van der Waals surface area contributed by atoms with Crippen LogP contribution in [-0.4, -0.2) is 46.0 Å². The fourth-order valence-corrected chi connectivity index (χ4v) is 4.71. The van der Waals surface area contributed by atoms with Gasteiger partial charge in [0.25, 0.3) is 0 Å². The number of halogens is 2. The van der Waals surface area contributed by atoms with E-state index in [9.17, 15) is 13.7 Å². The third-order valence-electron chi connectivity index (χ3n) is 3.27. The Morgan fingerprint density at radius 3 is 2.62 bits per heavy atom. The Labute approximate surface area is 167 Å². The van der Waals surface area contributed by atoms with Crippen molar-refractivity contribution in [2.75, 3.05) is 14.1 Å². The Morgan fingerprint density at radius 1 is 1.31 bits per heavy atom. The topological polar surface area (TPSA) is 105 Å². The molecule has 3 aromatic rings. The molecule has 26 heavy (non-hydrogen) atoms. The number of hydrogen-bond donors (Lipinski definition) is 0. The highest BCUT2D eigenvalue weighted by atomic mass is 79.9. The molecule has 0 aliphatic carbocycles. The van der Waals surface area contributed by atoms with Gasteiger partial charge in [-0.1, -0.05) is 23.4 Å². The molecule has 0 radical (unpaired) electrons. The van der Waals surface area contributed by atoms with Crippen LogP contribution in [0.15, 0.2) is 38.7 Å². The van der Waals surface area contributed by atoms with Crippen molar-refractivity contribution in [3.63, 3.8) is 0 Å². The minimum atomic E-state index is -3.93. The number of aromatic nitrogens is 4. The maximum absolute atomic E-state index is 12.6. The number of imidazole rings is 1. The molecule has 0 atom stereocenters. The summed E-state index contributed by atoms with van der Waals surface area (Å²) in [6.45, 7) is 0. The molecule has 0 aliphatic rings. The molecule has 1 aromatic carbocycles. The van der Waals surface area contributed by atoms with Gasteiger partial charge in [0.15, 0.2) is 5.15 Å². The number of hydrogen-bond acceptors (Lipinski definition) is 7. The minimum Gasteiger partial charge on any atom is -0.217 e. The van der Waals surface area contributed by atoms with Gasteiger partial charge in [0.05, 0.1) is 5.52 Å². The summed E-state index contributed by atoms with van der Waals surface area (Å²) in [5.74, 6) is -0.220. The van der Waals surface area contributed by atoms with Crippen LogP contribution in [0.3, 0.4) is 0 Å². The van der Waals surface area contributed by atoms with Crippen molar-refractivity contribution >= 4 is 60.5 Å². The third kappa shape index (κ3) is 3.43. The first-order valence-electron chi connectivity index (χ1n) is 6.96. The lowest BCUT2D eigenvalue weighted by atomic mass is 10.3. The van der Waals surface area contributed by atoms with E-state index in [4.69, 9.17) is 11.6 Å². The van der Waals surface area contributed by atoms with Crippen molar-refractivity contribution in [3.05, 3.63) is 39.7 Å². The van der Waals surface area contributed by atoms with Crippen molar-refractivity contribution in [2.24, 2.45) is 0 Å². The van der Waals surface area contributed by atoms with E-state index in [0.29, 0.717) is 19.9 Å². The molecule has 0 N–H and O–H groups in total. The molecule has 0 amide bonds. The summed E-state index contributed by atoms with van der Waals surface area (Å²) < 4.78 is 27.8. The molecule has 134 valence electrons. The van der Waals surface area contributed by atoms with Crippen LogP contribution >= 0.6 is 39.3 Å². The summed E-state index contributed by atoms with van der Waals surface area (Å²) >= 11 is 10.4. The highest BCUT2D eigenvalue weighted by Crippen LogP contribution is 2.34. The number of benzene rings is 1. The summed E-state index contributed by atoms with van der Waals surface area (Å²) in [6.07, 6.45) is 0. The average molecular weight is 474 g/mol. The Kier molecular flexibility index (Phi) is 5.23. The van der Waals surface area contributed by atoms with Gasteiger partial charge in [-0.2, -0.15) is 22.0 Å². The molecule has 0 fully saturated rings. The van der Waals surface area contributed by atoms with Gasteiger partial charge in [-0.15, -0.1) is 10.2 Å². The van der Waals surface area contributed by atoms with Crippen molar-refractivity contribution in [1.29, 1.82) is 5.26 Å². The lowest BCUT2D eigenvalue weighted by Gasteiger charge is -2.13. The van der Waals surface area contributed by atoms with Gasteiger partial charge in [-0.05, 0) is 40.2 Å². The van der Waals surface area contributed by atoms with Crippen molar-refractivity contribution in [1.82, 2.24) is 23.5 Å². The maximum Gasteiger partial charge on any atom is 0.309 e. The minimum absolute atomic E-state index is 0.220. The monoisotopic (exact) mass is 472 g/mol. The van der Waals surface area contributed by atoms with Crippen LogP contribution in [0.25, 0.3) is 11.0 Å². The van der Waals surface area contributed by atoms with Crippen molar-refractivity contribution in [2.45, 2.75) is 9.92 Å². The normalized spacial score (nSPS) is 11.8. The van der Waals surface area contributed by atoms with E-state index in [1.807, 2.05) is 6.07 Å². The zero-order valence-corrected chi connectivity index (χ0v) is 17.4. The zero-order chi connectivity index (χ0) is 19.1. The second-order valence-electron chi connectivity index (χ2n) is 5.17. The highest BCUT2D eigenvalue weighted by Gasteiger charge is 2.25. The van der Waals surface area contributed by atoms with E-state index in [1.165, 1.54) is 25.9 Å². The molecular weight excluding hydrogens is 464 g/mol. The predicted molar refractivity (Wildman–Crippen MR) is 101 cm³/mol. The zero-order valence-electron chi connectivity index (χ0n) is 13.4. The fourth-order valence-electron chi connectivity index (χ4n) is 2.10. The molecule has 0 unspecified atom stereocenters. The van der Waals surface area contributed by atoms with Crippen LogP contribution in [0, 0.1) is 11.3 Å². The van der Waals surface area contributed by atoms with Crippen LogP contribution in [-0.2, 0) is 10.2 Å². The second kappa shape index (κ2) is 7.13. The molecule has 0 saturated heterocycles. The fraction of sp³-hybridized carbons (Fsp3) is 0.143. The van der Waals surface area contributed by atoms with Gasteiger partial charge < -0.3 is 0 Å². The van der Waals surface area contributed by atoms with Crippen LogP contribution < -0.4 is 0 Å². The summed E-state index contributed by atoms with van der Waals surface area (Å²) in [5, 5.41) is 17.9. The summed E-state index contributed by atoms with van der Waals surface area (Å²) in [6, 6.07) is 8.54. The van der Waals surface area contributed by atoms with Crippen molar-refractivity contribution < 1.29 is 8.42 Å². The van der Waals surface area contributed by atoms with Gasteiger partial charge in [-0.3, -0.25) is 0 Å². The maximum atomic E-state index is 12.6. The number of nitrogens with zero attached hydrogens (tertiary/aromatic N) is 6. The SMILES string of the molecule is CN(C)S(=O)(=O)n1c(C#N)nc2c(Br)cc(Sc3ccc(Cl)nn3)cc21. The van der Waals surface area contributed by atoms with E-state index < -0.39 is 10.2 Å². The molecule has 0 aliphatic heterocycles. The lowest BCUT2D eigenvalue weighted by Crippen LogP contribution is -2.29. The van der Waals surface area contributed by atoms with Crippen LogP contribution in [0.2, 0.25) is 5.15 Å². The molecule has 2 aromatic heterocycles. The molecule has 8 nitrogen and oxygen atoms in total. The van der Waals surface area contributed by atoms with E-state index in [-0.39, 0.29) is 16.5 Å². The largest absolute Gasteiger partial charge is 0.309 e. The summed E-state index contributed by atoms with van der Waals surface area (Å²) in [7, 11) is -1.15. The molecule has 0 spiro atoms. The van der Waals surface area contributed by atoms with Gasteiger partial charge in [0, 0.05) is 23.5 Å². The van der Waals surface area contributed by atoms with E-state index in [2.05, 4.69) is 31.1 Å². The van der Waals surface area contributed by atoms with E-state index in [0.717, 1.165) is 8.28 Å². The van der Waals surface area contributed by atoms with Gasteiger partial charge in [0.1, 0.15) is 16.6 Å². The van der Waals surface area contributed by atoms with Crippen LogP contribution in [0.4, 0.5) is 0 Å². The average Bonchev–Trinajstić information content (AvgIpc) is 2.96. The van der Waals surface area contributed by atoms with Crippen LogP contribution in [0.1, 0.15) is 5.82 Å². The smallest absolute Gasteiger partial charge is 0.217 e. The first-order chi connectivity index (χ1) is 12.2. The summed E-state index contributed by atoms with van der Waals surface area (Å²) in [5.41, 5.74) is 0.660. The number of rotatable bonds is 4. The first kappa shape index (κ1) is 19.1. The second-order valence-corrected chi connectivity index (χ2v) is 9.50. The molecule has 3 rings (SSSR count). The molecular formula is C14H10BrClN6O2S2. The van der Waals surface area contributed by atoms with Crippen LogP contribution in [0.5, 0.6) is 0 Å². The molecule has 2 heterocycles. The van der Waals surface area contributed by atoms with E-state index >= 15 is 0 Å². The van der Waals surface area contributed by atoms with Gasteiger partial charge >= 0.3 is 10.2 Å². The third-order valence-corrected chi connectivity index (χ3v) is 6.73. The Bertz CT molecular complexity index is 1140. The highest BCUT2D eigenvalue weighted by molar-refractivity contribution is 9.10. The Balaban J connectivity index is 2.21. The first-order valence-corrected chi connectivity index (χ1v) is 10.3. The Hall–Kier alpha value is -1.71. The lowest BCUT2D eigenvalue weighted by molar-refractivity contribution is 0.511. The number of fused-ring (bicyclic) bond motifs is 1. The molecule has 0 saturated carbocycles. The van der Waals surface area contributed by atoms with E-state index in [1.54, 1.807) is 24.3 Å². The molecule has 12 heteroatoms. The van der Waals surface area contributed by atoms with Gasteiger partial charge in [-0.25, -0.2) is 4.98 Å². The quantitative estimate of drug-likeness (QED) is 0.573. The standard InChI is InChI=1S/C14H10BrClN6O2S2/c1-21(2)26(23,24)22-10-6-8(25-13-4-3-11(16)19-20-13)5-9(15)14(10)18-12(22)7-17/h3-6H,1-2H3. The van der Waals surface area contributed by atoms with Crippen molar-refractivity contribution in [3.8, 4) is 6.07 Å².